The predicted molar refractivity (Wildman–Crippen MR) is 127 cm³/mol. The van der Waals surface area contributed by atoms with Crippen LogP contribution in [0.4, 0.5) is 0 Å². The number of aliphatic hydroxyl groups excluding tert-OH is 1. The summed E-state index contributed by atoms with van der Waals surface area (Å²) < 4.78 is 5.71. The Labute approximate surface area is 191 Å². The predicted octanol–water partition coefficient (Wildman–Crippen LogP) is 6.35. The van der Waals surface area contributed by atoms with Gasteiger partial charge in [0.1, 0.15) is 0 Å². The van der Waals surface area contributed by atoms with E-state index in [0.717, 1.165) is 81.3 Å². The smallest absolute Gasteiger partial charge is 0.0622 e. The fraction of sp³-hybridized carbons (Fsp3) is 1.00. The highest BCUT2D eigenvalue weighted by atomic mass is 16.5. The van der Waals surface area contributed by atoms with E-state index in [-0.39, 0.29) is 6.10 Å². The standard InChI is InChI=1S/C28H50O3/c1-4-5-17-31-18-7-6-8-26(29)25-12-11-24-23-10-9-20-19-27(2,30)15-13-21(20)22(23)14-16-28(24,25)3/h20-26,29-30H,4-19H2,1-3H3/t20-,21+,22-,23-,24+,25-,26?,27-,28+/m1/s1. The van der Waals surface area contributed by atoms with Crippen molar-refractivity contribution in [2.45, 2.75) is 122 Å². The summed E-state index contributed by atoms with van der Waals surface area (Å²) in [6.07, 6.45) is 16.6. The van der Waals surface area contributed by atoms with Crippen LogP contribution >= 0.6 is 0 Å². The summed E-state index contributed by atoms with van der Waals surface area (Å²) in [4.78, 5) is 0. The Morgan fingerprint density at radius 1 is 0.871 bits per heavy atom. The van der Waals surface area contributed by atoms with Gasteiger partial charge in [-0.1, -0.05) is 20.3 Å². The van der Waals surface area contributed by atoms with Crippen molar-refractivity contribution >= 4 is 0 Å². The van der Waals surface area contributed by atoms with E-state index in [0.29, 0.717) is 11.3 Å². The second-order valence-electron chi connectivity index (χ2n) is 12.4. The average Bonchev–Trinajstić information content (AvgIpc) is 3.09. The topological polar surface area (TPSA) is 49.7 Å². The van der Waals surface area contributed by atoms with Crippen LogP contribution in [0.5, 0.6) is 0 Å². The zero-order valence-corrected chi connectivity index (χ0v) is 20.7. The fourth-order valence-electron chi connectivity index (χ4n) is 8.86. The molecule has 0 aromatic carbocycles. The van der Waals surface area contributed by atoms with E-state index < -0.39 is 5.60 Å². The first-order chi connectivity index (χ1) is 14.9. The van der Waals surface area contributed by atoms with E-state index in [2.05, 4.69) is 20.8 Å². The largest absolute Gasteiger partial charge is 0.393 e. The highest BCUT2D eigenvalue weighted by Crippen LogP contribution is 2.65. The Hall–Kier alpha value is -0.120. The average molecular weight is 435 g/mol. The number of ether oxygens (including phenoxy) is 1. The van der Waals surface area contributed by atoms with Crippen molar-refractivity contribution in [1.82, 2.24) is 0 Å². The number of fused-ring (bicyclic) bond motifs is 5. The summed E-state index contributed by atoms with van der Waals surface area (Å²) in [6.45, 7) is 8.56. The molecule has 180 valence electrons. The Kier molecular flexibility index (Phi) is 7.76. The van der Waals surface area contributed by atoms with Crippen LogP contribution in [0.25, 0.3) is 0 Å². The van der Waals surface area contributed by atoms with Crippen LogP contribution in [0.1, 0.15) is 111 Å². The lowest BCUT2D eigenvalue weighted by atomic mass is 9.49. The van der Waals surface area contributed by atoms with Crippen molar-refractivity contribution in [3.05, 3.63) is 0 Å². The van der Waals surface area contributed by atoms with Crippen LogP contribution in [0.15, 0.2) is 0 Å². The molecule has 0 saturated heterocycles. The summed E-state index contributed by atoms with van der Waals surface area (Å²) in [5.74, 6) is 4.73. The summed E-state index contributed by atoms with van der Waals surface area (Å²) >= 11 is 0. The van der Waals surface area contributed by atoms with E-state index in [1.807, 2.05) is 0 Å². The highest BCUT2D eigenvalue weighted by Gasteiger charge is 2.58. The number of unbranched alkanes of at least 4 members (excludes halogenated alkanes) is 2. The molecule has 2 N–H and O–H groups in total. The molecular weight excluding hydrogens is 384 g/mol. The van der Waals surface area contributed by atoms with Crippen molar-refractivity contribution in [1.29, 1.82) is 0 Å². The van der Waals surface area contributed by atoms with Gasteiger partial charge in [0.2, 0.25) is 0 Å². The molecule has 4 aliphatic rings. The van der Waals surface area contributed by atoms with Crippen LogP contribution in [-0.4, -0.2) is 35.1 Å². The van der Waals surface area contributed by atoms with Crippen LogP contribution in [-0.2, 0) is 4.74 Å². The van der Waals surface area contributed by atoms with Gasteiger partial charge in [0.25, 0.3) is 0 Å². The molecule has 0 bridgehead atoms. The zero-order valence-electron chi connectivity index (χ0n) is 20.7. The first kappa shape index (κ1) is 24.0. The quantitative estimate of drug-likeness (QED) is 0.415. The third-order valence-electron chi connectivity index (χ3n) is 10.5. The lowest BCUT2D eigenvalue weighted by Crippen LogP contribution is -2.51. The van der Waals surface area contributed by atoms with Gasteiger partial charge in [-0.3, -0.25) is 0 Å². The number of rotatable bonds is 9. The van der Waals surface area contributed by atoms with E-state index in [9.17, 15) is 10.2 Å². The summed E-state index contributed by atoms with van der Waals surface area (Å²) in [6, 6.07) is 0. The maximum Gasteiger partial charge on any atom is 0.0622 e. The second-order valence-corrected chi connectivity index (χ2v) is 12.4. The molecule has 0 aliphatic heterocycles. The maximum atomic E-state index is 11.2. The molecule has 0 aromatic rings. The van der Waals surface area contributed by atoms with Gasteiger partial charge in [0.15, 0.2) is 0 Å². The first-order valence-electron chi connectivity index (χ1n) is 13.8. The summed E-state index contributed by atoms with van der Waals surface area (Å²) in [5.41, 5.74) is -0.0635. The van der Waals surface area contributed by atoms with E-state index in [4.69, 9.17) is 4.74 Å². The van der Waals surface area contributed by atoms with E-state index in [1.54, 1.807) is 0 Å². The number of hydrogen-bond donors (Lipinski definition) is 2. The zero-order chi connectivity index (χ0) is 22.1. The maximum absolute atomic E-state index is 11.2. The molecular formula is C28H50O3. The van der Waals surface area contributed by atoms with Crippen molar-refractivity contribution < 1.29 is 14.9 Å². The molecule has 4 rings (SSSR count). The molecule has 0 spiro atoms. The molecule has 3 nitrogen and oxygen atoms in total. The Bertz CT molecular complexity index is 575. The lowest BCUT2D eigenvalue weighted by Gasteiger charge is -2.57. The third-order valence-corrected chi connectivity index (χ3v) is 10.5. The van der Waals surface area contributed by atoms with Crippen molar-refractivity contribution in [2.75, 3.05) is 13.2 Å². The summed E-state index contributed by atoms with van der Waals surface area (Å²) in [7, 11) is 0. The molecule has 1 unspecified atom stereocenters. The molecule has 9 atom stereocenters. The number of aliphatic hydroxyl groups is 2. The van der Waals surface area contributed by atoms with Crippen LogP contribution < -0.4 is 0 Å². The first-order valence-corrected chi connectivity index (χ1v) is 13.8. The third kappa shape index (κ3) is 5.04. The molecule has 4 fully saturated rings. The number of hydrogen-bond acceptors (Lipinski definition) is 3. The van der Waals surface area contributed by atoms with Gasteiger partial charge in [0, 0.05) is 13.2 Å². The Balaban J connectivity index is 1.30. The molecule has 3 heteroatoms. The van der Waals surface area contributed by atoms with Crippen molar-refractivity contribution in [3.63, 3.8) is 0 Å². The van der Waals surface area contributed by atoms with Gasteiger partial charge in [0.05, 0.1) is 11.7 Å². The van der Waals surface area contributed by atoms with Gasteiger partial charge in [-0.15, -0.1) is 0 Å². The van der Waals surface area contributed by atoms with Gasteiger partial charge < -0.3 is 14.9 Å². The fourth-order valence-corrected chi connectivity index (χ4v) is 8.86. The van der Waals surface area contributed by atoms with Crippen LogP contribution in [0.3, 0.4) is 0 Å². The minimum absolute atomic E-state index is 0.122. The van der Waals surface area contributed by atoms with Crippen LogP contribution in [0, 0.1) is 40.9 Å². The molecule has 31 heavy (non-hydrogen) atoms. The van der Waals surface area contributed by atoms with Gasteiger partial charge in [-0.05, 0) is 131 Å². The van der Waals surface area contributed by atoms with Crippen LogP contribution in [0.2, 0.25) is 0 Å². The molecule has 0 radical (unpaired) electrons. The van der Waals surface area contributed by atoms with Gasteiger partial charge >= 0.3 is 0 Å². The minimum Gasteiger partial charge on any atom is -0.393 e. The van der Waals surface area contributed by atoms with E-state index in [1.165, 1.54) is 51.4 Å². The second kappa shape index (κ2) is 10.0. The monoisotopic (exact) mass is 434 g/mol. The summed E-state index contributed by atoms with van der Waals surface area (Å²) in [5, 5.41) is 21.8. The Morgan fingerprint density at radius 3 is 2.45 bits per heavy atom. The Morgan fingerprint density at radius 2 is 1.65 bits per heavy atom. The normalized spacial score (nSPS) is 45.6. The SMILES string of the molecule is CCCCOCCCCC(O)[C@H]1CC[C@H]2[C@@H]3CC[C@@H]4C[C@](C)(O)CC[C@@H]4[C@H]3CC[C@]12C. The van der Waals surface area contributed by atoms with Gasteiger partial charge in [-0.25, -0.2) is 0 Å². The molecule has 0 amide bonds. The lowest BCUT2D eigenvalue weighted by molar-refractivity contribution is -0.108. The van der Waals surface area contributed by atoms with Crippen molar-refractivity contribution in [3.8, 4) is 0 Å². The molecule has 0 aromatic heterocycles. The minimum atomic E-state index is -0.416. The van der Waals surface area contributed by atoms with E-state index >= 15 is 0 Å². The highest BCUT2D eigenvalue weighted by molar-refractivity contribution is 5.07. The van der Waals surface area contributed by atoms with Gasteiger partial charge in [-0.2, -0.15) is 0 Å². The molecule has 4 saturated carbocycles. The van der Waals surface area contributed by atoms with Crippen molar-refractivity contribution in [2.24, 2.45) is 40.9 Å². The molecule has 4 aliphatic carbocycles. The molecule has 0 heterocycles.